The van der Waals surface area contributed by atoms with Crippen molar-refractivity contribution in [3.63, 3.8) is 0 Å². The van der Waals surface area contributed by atoms with E-state index in [4.69, 9.17) is 0 Å². The van der Waals surface area contributed by atoms with Crippen LogP contribution in [0.4, 0.5) is 0 Å². The van der Waals surface area contributed by atoms with Crippen LogP contribution in [-0.2, 0) is 0 Å². The predicted molar refractivity (Wildman–Crippen MR) is 0 cm³/mol. The first-order chi connectivity index (χ1) is 0. The van der Waals surface area contributed by atoms with Crippen molar-refractivity contribution >= 4 is 0 Å². The normalized spacial score (nSPS) is 0. The van der Waals surface area contributed by atoms with E-state index in [1.807, 2.05) is 0 Å². The average molecular weight is 873 g/mol. The zero-order valence-corrected chi connectivity index (χ0v) is 17.3. The predicted octanol–water partition coefficient (Wildman–Crippen LogP) is -15.0. The fourth-order valence-electron chi connectivity index (χ4n) is 0. The summed E-state index contributed by atoms with van der Waals surface area (Å²) >= 11 is 0. The first-order valence-corrected chi connectivity index (χ1v) is 0. The minimum atomic E-state index is 0. The molecule has 0 aromatic carbocycles. The summed E-state index contributed by atoms with van der Waals surface area (Å²) in [6, 6.07) is 0. The van der Waals surface area contributed by atoms with Crippen LogP contribution < -0.4 is 120 Å². The smallest absolute Gasteiger partial charge is 0 e. The molecule has 0 atom stereocenters. The van der Waals surface area contributed by atoms with Gasteiger partial charge in [-0.05, 0) is 0 Å². The van der Waals surface area contributed by atoms with E-state index in [1.54, 1.807) is 0 Å². The number of hydrogen-bond acceptors (Lipinski definition) is 0. The Morgan fingerprint density at radius 1 is 0.333 bits per heavy atom. The van der Waals surface area contributed by atoms with Gasteiger partial charge in [-0.25, -0.2) is 0 Å². The van der Waals surface area contributed by atoms with E-state index in [9.17, 15) is 0 Å². The molecule has 0 aliphatic heterocycles. The molecule has 0 aliphatic rings. The van der Waals surface area contributed by atoms with Gasteiger partial charge in [0.1, 0.15) is 0 Å². The van der Waals surface area contributed by atoms with Gasteiger partial charge in [0, 0.05) is 31.1 Å². The largest absolute Gasteiger partial charge is 1.00 e. The quantitative estimate of drug-likeness (QED) is 0.213. The monoisotopic (exact) mass is 873 g/mol. The Balaban J connectivity index is 0. The van der Waals surface area contributed by atoms with E-state index < -0.39 is 0 Å². The van der Waals surface area contributed by atoms with Crippen LogP contribution in [0, 0.1) is 31.1 Å². The summed E-state index contributed by atoms with van der Waals surface area (Å²) in [5, 5.41) is 0. The maximum Gasteiger partial charge on any atom is 0 e. The van der Waals surface area contributed by atoms with Crippen molar-refractivity contribution in [3.8, 4) is 0 Å². The first-order valence-electron chi connectivity index (χ1n) is 0. The van der Waals surface area contributed by atoms with E-state index in [2.05, 4.69) is 0 Å². The summed E-state index contributed by atoms with van der Waals surface area (Å²) in [6.07, 6.45) is 0. The molecule has 0 bridgehead atoms. The summed E-state index contributed by atoms with van der Waals surface area (Å²) in [7, 11) is 0. The molecule has 6 heavy (non-hydrogen) atoms. The van der Waals surface area contributed by atoms with Crippen LogP contribution in [-0.4, -0.2) is 0 Å². The molecule has 0 amide bonds. The van der Waals surface area contributed by atoms with Gasteiger partial charge in [-0.1, -0.05) is 0 Å². The van der Waals surface area contributed by atoms with Crippen LogP contribution in [0.1, 0.15) is 0 Å². The molecule has 0 heterocycles. The Hall–Kier alpha value is 4.70. The second-order valence-corrected chi connectivity index (χ2v) is 0. The van der Waals surface area contributed by atoms with Crippen LogP contribution in [0.25, 0.3) is 0 Å². The zero-order valence-electron chi connectivity index (χ0n) is 2.39. The standard InChI is InChI=1S/5HI.U/h5*1H;/p-5. The minimum Gasteiger partial charge on any atom is -1.00 e. The molecule has 0 saturated heterocycles. The van der Waals surface area contributed by atoms with Gasteiger partial charge in [0.2, 0.25) is 0 Å². The Morgan fingerprint density at radius 3 is 0.333 bits per heavy atom. The van der Waals surface area contributed by atoms with Gasteiger partial charge < -0.3 is 120 Å². The molecule has 0 N–H and O–H groups in total. The molecule has 0 saturated carbocycles. The third kappa shape index (κ3) is 23.3. The van der Waals surface area contributed by atoms with Crippen LogP contribution >= 0.6 is 0 Å². The number of rotatable bonds is 0. The van der Waals surface area contributed by atoms with Crippen molar-refractivity contribution in [1.82, 2.24) is 0 Å². The van der Waals surface area contributed by atoms with Gasteiger partial charge in [0.15, 0.2) is 0 Å². The number of hydrogen-bond donors (Lipinski definition) is 0. The van der Waals surface area contributed by atoms with Gasteiger partial charge in [0.25, 0.3) is 0 Å². The van der Waals surface area contributed by atoms with Gasteiger partial charge >= 0.3 is 0 Å². The van der Waals surface area contributed by atoms with Gasteiger partial charge in [-0.3, -0.25) is 0 Å². The minimum absolute atomic E-state index is 0. The maximum absolute atomic E-state index is 0. The molecule has 0 rings (SSSR count). The molecular formula is I5U-5. The van der Waals surface area contributed by atoms with Crippen molar-refractivity contribution in [3.05, 3.63) is 0 Å². The summed E-state index contributed by atoms with van der Waals surface area (Å²) in [6.45, 7) is 0. The van der Waals surface area contributed by atoms with E-state index in [-0.39, 0.29) is 151 Å². The molecule has 0 fully saturated rings. The van der Waals surface area contributed by atoms with Gasteiger partial charge in [-0.15, -0.1) is 0 Å². The zero-order chi connectivity index (χ0) is 0. The molecule has 44 valence electrons. The fraction of sp³-hybridized carbons (Fsp3) is 0. The van der Waals surface area contributed by atoms with Crippen molar-refractivity contribution in [2.75, 3.05) is 0 Å². The van der Waals surface area contributed by atoms with Crippen molar-refractivity contribution in [1.29, 1.82) is 0 Å². The van der Waals surface area contributed by atoms with Crippen molar-refractivity contribution in [2.24, 2.45) is 0 Å². The second kappa shape index (κ2) is 33.2. The third-order valence-electron chi connectivity index (χ3n) is 0. The topological polar surface area (TPSA) is 0 Å². The SMILES string of the molecule is [I-].[I-].[I-].[I-].[I-].[U]. The third-order valence-corrected chi connectivity index (χ3v) is 0. The van der Waals surface area contributed by atoms with Crippen LogP contribution in [0.15, 0.2) is 0 Å². The van der Waals surface area contributed by atoms with E-state index in [0.29, 0.717) is 0 Å². The van der Waals surface area contributed by atoms with Crippen molar-refractivity contribution < 1.29 is 151 Å². The molecular weight excluding hydrogens is 873 g/mol. The van der Waals surface area contributed by atoms with Crippen LogP contribution in [0.5, 0.6) is 0 Å². The summed E-state index contributed by atoms with van der Waals surface area (Å²) in [5.41, 5.74) is 0. The van der Waals surface area contributed by atoms with Gasteiger partial charge in [-0.2, -0.15) is 0 Å². The Labute approximate surface area is 147 Å². The van der Waals surface area contributed by atoms with E-state index >= 15 is 0 Å². The molecule has 0 spiro atoms. The Kier molecular flexibility index (Phi) is 252. The molecule has 0 unspecified atom stereocenters. The van der Waals surface area contributed by atoms with E-state index in [1.165, 1.54) is 0 Å². The molecule has 0 nitrogen and oxygen atoms in total. The summed E-state index contributed by atoms with van der Waals surface area (Å²) in [4.78, 5) is 0. The van der Waals surface area contributed by atoms with Crippen LogP contribution in [0.2, 0.25) is 0 Å². The van der Waals surface area contributed by atoms with Crippen LogP contribution in [0.3, 0.4) is 0 Å². The maximum atomic E-state index is 0. The van der Waals surface area contributed by atoms with Crippen molar-refractivity contribution in [2.45, 2.75) is 0 Å². The Bertz CT molecular complexity index is 3.90. The summed E-state index contributed by atoms with van der Waals surface area (Å²) < 4.78 is 0. The number of halogens is 5. The molecule has 0 aromatic rings. The second-order valence-electron chi connectivity index (χ2n) is 0. The summed E-state index contributed by atoms with van der Waals surface area (Å²) in [5.74, 6) is 0. The Morgan fingerprint density at radius 2 is 0.333 bits per heavy atom. The fourth-order valence-corrected chi connectivity index (χ4v) is 0. The molecule has 6 heteroatoms. The average Bonchev–Trinajstić information content (AvgIpc) is 0. The first kappa shape index (κ1) is 45.6. The van der Waals surface area contributed by atoms with Gasteiger partial charge in [0.05, 0.1) is 0 Å². The van der Waals surface area contributed by atoms with E-state index in [0.717, 1.165) is 0 Å². The molecule has 0 radical (unpaired) electrons. The molecule has 0 aliphatic carbocycles. The molecule has 0 aromatic heterocycles.